The second kappa shape index (κ2) is 4.75. The maximum atomic E-state index is 11.8. The molecule has 13 heavy (non-hydrogen) atoms. The molecule has 1 rings (SSSR count). The highest BCUT2D eigenvalue weighted by Crippen LogP contribution is 2.19. The summed E-state index contributed by atoms with van der Waals surface area (Å²) < 4.78 is 0. The van der Waals surface area contributed by atoms with Gasteiger partial charge in [-0.25, -0.2) is 0 Å². The maximum absolute atomic E-state index is 11.8. The molecule has 2 heteroatoms. The zero-order valence-electron chi connectivity index (χ0n) is 9.05. The molecule has 0 aliphatic carbocycles. The Hall–Kier alpha value is -0.370. The van der Waals surface area contributed by atoms with E-state index in [0.29, 0.717) is 5.78 Å². The molecule has 1 atom stereocenters. The summed E-state index contributed by atoms with van der Waals surface area (Å²) in [4.78, 5) is 14.2. The van der Waals surface area contributed by atoms with Crippen LogP contribution in [0.4, 0.5) is 0 Å². The van der Waals surface area contributed by atoms with Gasteiger partial charge < -0.3 is 0 Å². The summed E-state index contributed by atoms with van der Waals surface area (Å²) in [5.41, 5.74) is 0. The number of hydrogen-bond acceptors (Lipinski definition) is 2. The van der Waals surface area contributed by atoms with Crippen LogP contribution in [0.2, 0.25) is 0 Å². The lowest BCUT2D eigenvalue weighted by atomic mass is 9.93. The topological polar surface area (TPSA) is 20.3 Å². The Morgan fingerprint density at radius 3 is 2.69 bits per heavy atom. The summed E-state index contributed by atoms with van der Waals surface area (Å²) >= 11 is 0. The van der Waals surface area contributed by atoms with Gasteiger partial charge in [0.1, 0.15) is 0 Å². The highest BCUT2D eigenvalue weighted by atomic mass is 16.1. The van der Waals surface area contributed by atoms with Gasteiger partial charge in [0, 0.05) is 5.92 Å². The number of rotatable bonds is 3. The second-order valence-electron chi connectivity index (χ2n) is 4.20. The highest BCUT2D eigenvalue weighted by molar-refractivity contribution is 5.85. The second-order valence-corrected chi connectivity index (χ2v) is 4.20. The Kier molecular flexibility index (Phi) is 3.91. The van der Waals surface area contributed by atoms with E-state index >= 15 is 0 Å². The fraction of sp³-hybridized carbons (Fsp3) is 0.909. The van der Waals surface area contributed by atoms with Gasteiger partial charge in [0.05, 0.1) is 6.04 Å². The quantitative estimate of drug-likeness (QED) is 0.667. The first-order valence-electron chi connectivity index (χ1n) is 5.44. The van der Waals surface area contributed by atoms with Crippen LogP contribution in [0.3, 0.4) is 0 Å². The first-order valence-corrected chi connectivity index (χ1v) is 5.44. The van der Waals surface area contributed by atoms with E-state index < -0.39 is 0 Å². The molecule has 1 aliphatic rings. The van der Waals surface area contributed by atoms with Gasteiger partial charge >= 0.3 is 0 Å². The lowest BCUT2D eigenvalue weighted by Gasteiger charge is -2.34. The van der Waals surface area contributed by atoms with E-state index in [1.54, 1.807) is 0 Å². The molecule has 1 unspecified atom stereocenters. The van der Waals surface area contributed by atoms with Crippen molar-refractivity contribution < 1.29 is 4.79 Å². The van der Waals surface area contributed by atoms with Gasteiger partial charge in [0.2, 0.25) is 0 Å². The van der Waals surface area contributed by atoms with Gasteiger partial charge in [0.15, 0.2) is 5.78 Å². The molecule has 0 aromatic heterocycles. The monoisotopic (exact) mass is 183 g/mol. The molecular formula is C11H21NO. The Labute approximate surface area is 81.3 Å². The molecule has 0 aromatic rings. The third kappa shape index (κ3) is 2.53. The van der Waals surface area contributed by atoms with Gasteiger partial charge in [-0.15, -0.1) is 0 Å². The third-order valence-corrected chi connectivity index (χ3v) is 2.92. The van der Waals surface area contributed by atoms with Crippen molar-refractivity contribution in [3.8, 4) is 0 Å². The number of Topliss-reactive ketones (excluding diaryl/α,β-unsaturated/α-hetero) is 1. The lowest BCUT2D eigenvalue weighted by Crippen LogP contribution is -2.45. The number of likely N-dealkylation sites (N-methyl/N-ethyl adjacent to an activating group) is 1. The van der Waals surface area contributed by atoms with Gasteiger partial charge in [-0.1, -0.05) is 27.2 Å². The van der Waals surface area contributed by atoms with Crippen molar-refractivity contribution in [3.63, 3.8) is 0 Å². The number of carbonyl (C=O) groups is 1. The van der Waals surface area contributed by atoms with Crippen molar-refractivity contribution in [2.24, 2.45) is 5.92 Å². The smallest absolute Gasteiger partial charge is 0.152 e. The molecule has 0 spiro atoms. The van der Waals surface area contributed by atoms with Crippen LogP contribution in [0.25, 0.3) is 0 Å². The zero-order valence-corrected chi connectivity index (χ0v) is 9.05. The Morgan fingerprint density at radius 2 is 2.15 bits per heavy atom. The third-order valence-electron chi connectivity index (χ3n) is 2.92. The minimum Gasteiger partial charge on any atom is -0.298 e. The van der Waals surface area contributed by atoms with Crippen molar-refractivity contribution in [3.05, 3.63) is 0 Å². The molecule has 1 saturated heterocycles. The molecule has 0 saturated carbocycles. The van der Waals surface area contributed by atoms with Crippen LogP contribution in [0.5, 0.6) is 0 Å². The fourth-order valence-electron chi connectivity index (χ4n) is 2.08. The highest BCUT2D eigenvalue weighted by Gasteiger charge is 2.28. The average molecular weight is 183 g/mol. The summed E-state index contributed by atoms with van der Waals surface area (Å²) in [5.74, 6) is 0.624. The standard InChI is InChI=1S/C11H21NO/c1-4-12-8-6-5-7-10(12)11(13)9(2)3/h9-10H,4-8H2,1-3H3. The SMILES string of the molecule is CCN1CCCCC1C(=O)C(C)C. The van der Waals surface area contributed by atoms with E-state index in [0.717, 1.165) is 19.5 Å². The Bertz CT molecular complexity index is 177. The van der Waals surface area contributed by atoms with Gasteiger partial charge in [0.25, 0.3) is 0 Å². The average Bonchev–Trinajstić information content (AvgIpc) is 2.16. The first kappa shape index (κ1) is 10.7. The fourth-order valence-corrected chi connectivity index (χ4v) is 2.08. The summed E-state index contributed by atoms with van der Waals surface area (Å²) in [6, 6.07) is 0.221. The molecule has 2 nitrogen and oxygen atoms in total. The number of hydrogen-bond donors (Lipinski definition) is 0. The van der Waals surface area contributed by atoms with Gasteiger partial charge in [-0.2, -0.15) is 0 Å². The van der Waals surface area contributed by atoms with E-state index in [9.17, 15) is 4.79 Å². The molecule has 0 radical (unpaired) electrons. The van der Waals surface area contributed by atoms with Gasteiger partial charge in [-0.3, -0.25) is 9.69 Å². The van der Waals surface area contributed by atoms with Crippen LogP contribution in [0.15, 0.2) is 0 Å². The molecule has 1 fully saturated rings. The van der Waals surface area contributed by atoms with Crippen LogP contribution < -0.4 is 0 Å². The molecule has 0 aromatic carbocycles. The van der Waals surface area contributed by atoms with E-state index in [-0.39, 0.29) is 12.0 Å². The van der Waals surface area contributed by atoms with E-state index in [2.05, 4.69) is 11.8 Å². The predicted molar refractivity (Wildman–Crippen MR) is 54.7 cm³/mol. The van der Waals surface area contributed by atoms with Crippen molar-refractivity contribution in [2.75, 3.05) is 13.1 Å². The lowest BCUT2D eigenvalue weighted by molar-refractivity contribution is -0.128. The summed E-state index contributed by atoms with van der Waals surface area (Å²) in [7, 11) is 0. The zero-order chi connectivity index (χ0) is 9.84. The molecule has 0 bridgehead atoms. The van der Waals surface area contributed by atoms with Crippen molar-refractivity contribution >= 4 is 5.78 Å². The van der Waals surface area contributed by atoms with Crippen molar-refractivity contribution in [1.82, 2.24) is 4.90 Å². The number of nitrogens with zero attached hydrogens (tertiary/aromatic N) is 1. The molecule has 0 amide bonds. The summed E-state index contributed by atoms with van der Waals surface area (Å²) in [6.07, 6.45) is 3.56. The predicted octanol–water partition coefficient (Wildman–Crippen LogP) is 2.09. The van der Waals surface area contributed by atoms with Crippen LogP contribution >= 0.6 is 0 Å². The molecular weight excluding hydrogens is 162 g/mol. The number of piperidine rings is 1. The summed E-state index contributed by atoms with van der Waals surface area (Å²) in [5, 5.41) is 0. The summed E-state index contributed by atoms with van der Waals surface area (Å²) in [6.45, 7) is 8.28. The van der Waals surface area contributed by atoms with Crippen LogP contribution in [-0.4, -0.2) is 29.8 Å². The van der Waals surface area contributed by atoms with Crippen LogP contribution in [-0.2, 0) is 4.79 Å². The van der Waals surface area contributed by atoms with Gasteiger partial charge in [-0.05, 0) is 25.9 Å². The minimum atomic E-state index is 0.192. The largest absolute Gasteiger partial charge is 0.298 e. The Morgan fingerprint density at radius 1 is 1.46 bits per heavy atom. The van der Waals surface area contributed by atoms with Crippen LogP contribution in [0, 0.1) is 5.92 Å². The molecule has 76 valence electrons. The Balaban J connectivity index is 2.58. The van der Waals surface area contributed by atoms with Crippen LogP contribution in [0.1, 0.15) is 40.0 Å². The molecule has 0 N–H and O–H groups in total. The van der Waals surface area contributed by atoms with E-state index in [1.165, 1.54) is 12.8 Å². The normalized spacial score (nSPS) is 25.1. The van der Waals surface area contributed by atoms with Crippen molar-refractivity contribution in [1.29, 1.82) is 0 Å². The molecule has 1 heterocycles. The first-order chi connectivity index (χ1) is 6.16. The number of likely N-dealkylation sites (tertiary alicyclic amines) is 1. The molecule has 1 aliphatic heterocycles. The minimum absolute atomic E-state index is 0.192. The van der Waals surface area contributed by atoms with E-state index in [1.807, 2.05) is 13.8 Å². The van der Waals surface area contributed by atoms with Crippen molar-refractivity contribution in [2.45, 2.75) is 46.1 Å². The van der Waals surface area contributed by atoms with E-state index in [4.69, 9.17) is 0 Å². The maximum Gasteiger partial charge on any atom is 0.152 e. The number of ketones is 1. The number of carbonyl (C=O) groups excluding carboxylic acids is 1.